The first-order valence-electron chi connectivity index (χ1n) is 6.99. The monoisotopic (exact) mass is 402 g/mol. The molecule has 0 aliphatic rings. The minimum absolute atomic E-state index is 0.0800. The van der Waals surface area contributed by atoms with E-state index in [1.54, 1.807) is 0 Å². The largest absolute Gasteiger partial charge is 0.497 e. The number of carbonyl (C=O) groups is 2. The molecule has 0 bridgehead atoms. The van der Waals surface area contributed by atoms with Crippen LogP contribution in [0.2, 0.25) is 0 Å². The number of allylic oxidation sites excluding steroid dienone is 2. The molecule has 0 aromatic heterocycles. The number of amides is 1. The molecular weight excluding hydrogens is 389 g/mol. The normalized spacial score (nSPS) is 13.1. The summed E-state index contributed by atoms with van der Waals surface area (Å²) in [6.07, 6.45) is -6.79. The summed E-state index contributed by atoms with van der Waals surface area (Å²) in [6, 6.07) is 5.53. The molecule has 0 aliphatic heterocycles. The topological polar surface area (TPSA) is 67.4 Å². The van der Waals surface area contributed by atoms with Gasteiger partial charge in [0.15, 0.2) is 0 Å². The highest BCUT2D eigenvalue weighted by Crippen LogP contribution is 2.47. The molecule has 1 aromatic rings. The van der Waals surface area contributed by atoms with E-state index >= 15 is 0 Å². The second kappa shape index (κ2) is 7.84. The molecule has 12 heteroatoms. The molecule has 150 valence electrons. The van der Waals surface area contributed by atoms with E-state index in [-0.39, 0.29) is 11.6 Å². The van der Waals surface area contributed by atoms with Gasteiger partial charge < -0.3 is 10.2 Å². The predicted molar refractivity (Wildman–Crippen MR) is 78.3 cm³/mol. The predicted octanol–water partition coefficient (Wildman–Crippen LogP) is 3.24. The van der Waals surface area contributed by atoms with Crippen molar-refractivity contribution in [2.45, 2.75) is 24.9 Å². The number of rotatable bonds is 7. The first-order valence-corrected chi connectivity index (χ1v) is 6.99. The molecule has 0 unspecified atom stereocenters. The highest BCUT2D eigenvalue weighted by molar-refractivity contribution is 5.97. The van der Waals surface area contributed by atoms with Crippen LogP contribution in [0.5, 0.6) is 5.75 Å². The Morgan fingerprint density at radius 3 is 1.93 bits per heavy atom. The van der Waals surface area contributed by atoms with Gasteiger partial charge in [0.2, 0.25) is 5.78 Å². The van der Waals surface area contributed by atoms with E-state index in [1.807, 2.05) is 10.9 Å². The molecule has 0 radical (unpaired) electrons. The van der Waals surface area contributed by atoms with E-state index in [1.165, 1.54) is 31.4 Å². The third-order valence-electron chi connectivity index (χ3n) is 3.13. The van der Waals surface area contributed by atoms with Crippen molar-refractivity contribution in [3.05, 3.63) is 41.6 Å². The van der Waals surface area contributed by atoms with Crippen molar-refractivity contribution in [1.82, 2.24) is 10.9 Å². The maximum Gasteiger partial charge on any atom is 0.460 e. The minimum atomic E-state index is -6.62. The number of hydrogen-bond acceptors (Lipinski definition) is 4. The minimum Gasteiger partial charge on any atom is -0.497 e. The van der Waals surface area contributed by atoms with Crippen LogP contribution < -0.4 is 15.6 Å². The van der Waals surface area contributed by atoms with Crippen LogP contribution in [0.4, 0.5) is 30.7 Å². The van der Waals surface area contributed by atoms with Crippen molar-refractivity contribution in [3.8, 4) is 5.75 Å². The molecule has 0 aliphatic carbocycles. The number of hydrazine groups is 1. The van der Waals surface area contributed by atoms with Gasteiger partial charge in [-0.25, -0.2) is 0 Å². The molecule has 0 spiro atoms. The van der Waals surface area contributed by atoms with Crippen LogP contribution in [0.15, 0.2) is 36.0 Å². The summed E-state index contributed by atoms with van der Waals surface area (Å²) in [6.45, 7) is 0.897. The molecule has 27 heavy (non-hydrogen) atoms. The molecule has 0 saturated carbocycles. The molecular formula is C15H13F7N2O3. The third kappa shape index (κ3) is 4.89. The lowest BCUT2D eigenvalue weighted by atomic mass is 10.1. The van der Waals surface area contributed by atoms with Crippen LogP contribution in [0.3, 0.4) is 0 Å². The summed E-state index contributed by atoms with van der Waals surface area (Å²) >= 11 is 0. The van der Waals surface area contributed by atoms with Gasteiger partial charge in [-0.1, -0.05) is 0 Å². The summed E-state index contributed by atoms with van der Waals surface area (Å²) < 4.78 is 92.9. The van der Waals surface area contributed by atoms with E-state index < -0.39 is 35.4 Å². The second-order valence-corrected chi connectivity index (χ2v) is 5.15. The van der Waals surface area contributed by atoms with Gasteiger partial charge in [0.1, 0.15) is 5.75 Å². The summed E-state index contributed by atoms with van der Waals surface area (Å²) in [5.74, 6) is -15.7. The van der Waals surface area contributed by atoms with E-state index in [9.17, 15) is 40.3 Å². The van der Waals surface area contributed by atoms with Gasteiger partial charge in [-0.3, -0.25) is 15.0 Å². The Hall–Kier alpha value is -2.79. The quantitative estimate of drug-likeness (QED) is 0.418. The Kier molecular flexibility index (Phi) is 6.46. The Balaban J connectivity index is 2.80. The molecule has 5 nitrogen and oxygen atoms in total. The van der Waals surface area contributed by atoms with Crippen LogP contribution >= 0.6 is 0 Å². The van der Waals surface area contributed by atoms with Gasteiger partial charge in [-0.05, 0) is 31.2 Å². The van der Waals surface area contributed by atoms with Crippen LogP contribution in [0.1, 0.15) is 17.3 Å². The van der Waals surface area contributed by atoms with Crippen LogP contribution in [-0.2, 0) is 4.79 Å². The fourth-order valence-corrected chi connectivity index (χ4v) is 1.63. The van der Waals surface area contributed by atoms with Crippen molar-refractivity contribution < 1.29 is 45.1 Å². The highest BCUT2D eigenvalue weighted by atomic mass is 19.4. The molecule has 1 amide bonds. The first-order chi connectivity index (χ1) is 12.2. The van der Waals surface area contributed by atoms with E-state index in [0.717, 1.165) is 6.92 Å². The number of alkyl halides is 7. The smallest absolute Gasteiger partial charge is 0.460 e. The van der Waals surface area contributed by atoms with Gasteiger partial charge in [-0.2, -0.15) is 30.7 Å². The lowest BCUT2D eigenvalue weighted by Crippen LogP contribution is -2.55. The van der Waals surface area contributed by atoms with E-state index in [0.29, 0.717) is 5.75 Å². The number of hydrogen-bond donors (Lipinski definition) is 2. The number of carbonyl (C=O) groups excluding carboxylic acids is 2. The number of nitrogens with one attached hydrogen (secondary N) is 2. The SMILES string of the molecule is COc1ccc(C(=O)NNC(C)=CC(=O)C(F)(F)C(F)(F)C(F)(F)F)cc1. The molecule has 2 N–H and O–H groups in total. The summed E-state index contributed by atoms with van der Waals surface area (Å²) in [5, 5.41) is 0. The van der Waals surface area contributed by atoms with Gasteiger partial charge in [0.25, 0.3) is 5.91 Å². The summed E-state index contributed by atoms with van der Waals surface area (Å²) in [5.41, 5.74) is 3.39. The van der Waals surface area contributed by atoms with Gasteiger partial charge in [-0.15, -0.1) is 0 Å². The number of ether oxygens (including phenoxy) is 1. The Morgan fingerprint density at radius 2 is 1.48 bits per heavy atom. The molecule has 1 rings (SSSR count). The zero-order valence-corrected chi connectivity index (χ0v) is 13.8. The van der Waals surface area contributed by atoms with Crippen molar-refractivity contribution >= 4 is 11.7 Å². The molecule has 1 aromatic carbocycles. The van der Waals surface area contributed by atoms with Gasteiger partial charge >= 0.3 is 18.0 Å². The Morgan fingerprint density at radius 1 is 0.963 bits per heavy atom. The van der Waals surface area contributed by atoms with Crippen molar-refractivity contribution in [3.63, 3.8) is 0 Å². The van der Waals surface area contributed by atoms with Crippen LogP contribution in [0.25, 0.3) is 0 Å². The van der Waals surface area contributed by atoms with Crippen LogP contribution in [0, 0.1) is 0 Å². The average Bonchev–Trinajstić information content (AvgIpc) is 2.58. The maximum atomic E-state index is 13.2. The van der Waals surface area contributed by atoms with Crippen molar-refractivity contribution in [2.75, 3.05) is 7.11 Å². The molecule has 0 fully saturated rings. The lowest BCUT2D eigenvalue weighted by Gasteiger charge is -2.26. The maximum absolute atomic E-state index is 13.2. The fraction of sp³-hybridized carbons (Fsp3) is 0.333. The number of benzene rings is 1. The first kappa shape index (κ1) is 22.3. The van der Waals surface area contributed by atoms with Crippen LogP contribution in [-0.4, -0.2) is 36.8 Å². The summed E-state index contributed by atoms with van der Waals surface area (Å²) in [4.78, 5) is 23.0. The molecule has 0 atom stereocenters. The second-order valence-electron chi connectivity index (χ2n) is 5.15. The Bertz CT molecular complexity index is 728. The average molecular weight is 402 g/mol. The third-order valence-corrected chi connectivity index (χ3v) is 3.13. The number of ketones is 1. The van der Waals surface area contributed by atoms with E-state index in [2.05, 4.69) is 0 Å². The van der Waals surface area contributed by atoms with Gasteiger partial charge in [0.05, 0.1) is 7.11 Å². The Labute approximate surface area is 148 Å². The fourth-order valence-electron chi connectivity index (χ4n) is 1.63. The number of methoxy groups -OCH3 is 1. The highest BCUT2D eigenvalue weighted by Gasteiger charge is 2.75. The standard InChI is InChI=1S/C15H13F7N2O3/c1-8(7-11(25)13(16,17)14(18,19)15(20,21)22)23-24-12(26)9-3-5-10(27-2)6-4-9/h3-7,23H,1-2H3,(H,24,26). The summed E-state index contributed by atoms with van der Waals surface area (Å²) in [7, 11) is 1.39. The molecule has 0 heterocycles. The number of halogens is 7. The van der Waals surface area contributed by atoms with Crippen molar-refractivity contribution in [1.29, 1.82) is 0 Å². The van der Waals surface area contributed by atoms with Gasteiger partial charge in [0, 0.05) is 17.3 Å². The molecule has 0 saturated heterocycles. The van der Waals surface area contributed by atoms with E-state index in [4.69, 9.17) is 4.74 Å². The zero-order chi connectivity index (χ0) is 21.0. The zero-order valence-electron chi connectivity index (χ0n) is 13.8. The van der Waals surface area contributed by atoms with Crippen molar-refractivity contribution in [2.24, 2.45) is 0 Å². The lowest BCUT2D eigenvalue weighted by molar-refractivity contribution is -0.342.